The van der Waals surface area contributed by atoms with Crippen LogP contribution in [0.1, 0.15) is 17.5 Å². The van der Waals surface area contributed by atoms with E-state index in [0.717, 1.165) is 16.8 Å². The van der Waals surface area contributed by atoms with Crippen LogP contribution in [0, 0.1) is 19.8 Å². The lowest BCUT2D eigenvalue weighted by atomic mass is 10.0. The number of ether oxygens (including phenoxy) is 1. The molecule has 2 rings (SSSR count). The maximum absolute atomic E-state index is 11.8. The monoisotopic (exact) mass is 263 g/mol. The summed E-state index contributed by atoms with van der Waals surface area (Å²) in [5, 5.41) is 8.81. The Bertz CT molecular complexity index is 512. The van der Waals surface area contributed by atoms with Gasteiger partial charge >= 0.3 is 12.1 Å². The number of nitrogens with zero attached hydrogens (tertiary/aromatic N) is 1. The molecule has 0 saturated carbocycles. The Balaban J connectivity index is 2.18. The fourth-order valence-electron chi connectivity index (χ4n) is 2.13. The van der Waals surface area contributed by atoms with E-state index >= 15 is 0 Å². The summed E-state index contributed by atoms with van der Waals surface area (Å²) in [7, 11) is 0. The first-order valence-corrected chi connectivity index (χ1v) is 6.20. The topological polar surface area (TPSA) is 66.8 Å². The lowest BCUT2D eigenvalue weighted by Crippen LogP contribution is -2.43. The number of carbonyl (C=O) groups is 2. The van der Waals surface area contributed by atoms with Crippen molar-refractivity contribution in [3.05, 3.63) is 29.3 Å². The van der Waals surface area contributed by atoms with E-state index in [1.54, 1.807) is 0 Å². The van der Waals surface area contributed by atoms with Gasteiger partial charge < -0.3 is 9.84 Å². The summed E-state index contributed by atoms with van der Waals surface area (Å²) in [6.07, 6.45) is -0.404. The lowest BCUT2D eigenvalue weighted by molar-refractivity contribution is -0.138. The number of carboxylic acids is 1. The molecule has 0 radical (unpaired) electrons. The zero-order valence-electron chi connectivity index (χ0n) is 11.0. The molecule has 5 heteroatoms. The zero-order valence-corrected chi connectivity index (χ0v) is 11.0. The highest BCUT2D eigenvalue weighted by molar-refractivity contribution is 5.88. The second-order valence-electron chi connectivity index (χ2n) is 4.92. The second-order valence-corrected chi connectivity index (χ2v) is 4.92. The minimum absolute atomic E-state index is 0.00856. The molecule has 102 valence electrons. The molecular weight excluding hydrogens is 246 g/mol. The first kappa shape index (κ1) is 13.4. The Kier molecular flexibility index (Phi) is 3.74. The molecular formula is C14H17NO4. The Hall–Kier alpha value is -2.04. The number of hydrogen-bond acceptors (Lipinski definition) is 3. The summed E-state index contributed by atoms with van der Waals surface area (Å²) in [4.78, 5) is 24.0. The van der Waals surface area contributed by atoms with Crippen LogP contribution in [0.2, 0.25) is 0 Å². The summed E-state index contributed by atoms with van der Waals surface area (Å²) < 4.78 is 5.05. The van der Waals surface area contributed by atoms with Gasteiger partial charge in [0.15, 0.2) is 0 Å². The average Bonchev–Trinajstić information content (AvgIpc) is 2.34. The molecule has 1 N–H and O–H groups in total. The molecule has 0 spiro atoms. The fourth-order valence-corrected chi connectivity index (χ4v) is 2.13. The Morgan fingerprint density at radius 1 is 1.42 bits per heavy atom. The van der Waals surface area contributed by atoms with Crippen molar-refractivity contribution in [1.82, 2.24) is 0 Å². The van der Waals surface area contributed by atoms with Crippen LogP contribution in [0.25, 0.3) is 0 Å². The Morgan fingerprint density at radius 2 is 2.16 bits per heavy atom. The molecule has 1 aliphatic rings. The highest BCUT2D eigenvalue weighted by Crippen LogP contribution is 2.24. The maximum Gasteiger partial charge on any atom is 0.414 e. The predicted molar refractivity (Wildman–Crippen MR) is 70.4 cm³/mol. The van der Waals surface area contributed by atoms with E-state index in [-0.39, 0.29) is 18.9 Å². The standard InChI is InChI=1S/C14H17NO4/c1-9-3-4-12(5-10(9)2)15-7-11(6-13(16)17)8-19-14(15)18/h3-5,11H,6-8H2,1-2H3,(H,16,17). The van der Waals surface area contributed by atoms with Crippen molar-refractivity contribution < 1.29 is 19.4 Å². The van der Waals surface area contributed by atoms with Gasteiger partial charge in [0.1, 0.15) is 0 Å². The molecule has 1 atom stereocenters. The molecule has 1 unspecified atom stereocenters. The van der Waals surface area contributed by atoms with Gasteiger partial charge in [-0.05, 0) is 37.1 Å². The van der Waals surface area contributed by atoms with Crippen LogP contribution in [0.15, 0.2) is 18.2 Å². The number of hydrogen-bond donors (Lipinski definition) is 1. The van der Waals surface area contributed by atoms with Crippen LogP contribution in [0.5, 0.6) is 0 Å². The van der Waals surface area contributed by atoms with Crippen molar-refractivity contribution in [2.45, 2.75) is 20.3 Å². The van der Waals surface area contributed by atoms with Gasteiger partial charge in [-0.15, -0.1) is 0 Å². The van der Waals surface area contributed by atoms with E-state index in [1.807, 2.05) is 32.0 Å². The van der Waals surface area contributed by atoms with Crippen LogP contribution in [0.4, 0.5) is 10.5 Å². The van der Waals surface area contributed by atoms with Gasteiger partial charge in [-0.1, -0.05) is 6.07 Å². The minimum atomic E-state index is -0.872. The van der Waals surface area contributed by atoms with Gasteiger partial charge in [-0.25, -0.2) is 4.79 Å². The molecule has 1 heterocycles. The van der Waals surface area contributed by atoms with Crippen molar-refractivity contribution in [3.63, 3.8) is 0 Å². The van der Waals surface area contributed by atoms with E-state index in [4.69, 9.17) is 9.84 Å². The van der Waals surface area contributed by atoms with Gasteiger partial charge in [0.2, 0.25) is 0 Å². The number of rotatable bonds is 3. The fraction of sp³-hybridized carbons (Fsp3) is 0.429. The molecule has 19 heavy (non-hydrogen) atoms. The summed E-state index contributed by atoms with van der Waals surface area (Å²) in [6, 6.07) is 5.71. The molecule has 1 aromatic carbocycles. The molecule has 1 saturated heterocycles. The highest BCUT2D eigenvalue weighted by Gasteiger charge is 2.29. The third-order valence-corrected chi connectivity index (χ3v) is 3.37. The Labute approximate surface area is 111 Å². The second kappa shape index (κ2) is 5.30. The number of aryl methyl sites for hydroxylation is 2. The third-order valence-electron chi connectivity index (χ3n) is 3.37. The minimum Gasteiger partial charge on any atom is -0.481 e. The lowest BCUT2D eigenvalue weighted by Gasteiger charge is -2.31. The van der Waals surface area contributed by atoms with E-state index < -0.39 is 12.1 Å². The number of anilines is 1. The Morgan fingerprint density at radius 3 is 2.79 bits per heavy atom. The molecule has 0 aromatic heterocycles. The van der Waals surface area contributed by atoms with E-state index in [2.05, 4.69) is 0 Å². The van der Waals surface area contributed by atoms with Crippen molar-refractivity contribution in [3.8, 4) is 0 Å². The quantitative estimate of drug-likeness (QED) is 0.909. The number of aliphatic carboxylic acids is 1. The molecule has 0 bridgehead atoms. The summed E-state index contributed by atoms with van der Waals surface area (Å²) in [6.45, 7) is 4.53. The molecule has 1 aromatic rings. The molecule has 0 aliphatic carbocycles. The maximum atomic E-state index is 11.8. The highest BCUT2D eigenvalue weighted by atomic mass is 16.6. The normalized spacial score (nSPS) is 19.2. The summed E-state index contributed by atoms with van der Waals surface area (Å²) in [5.74, 6) is -1.04. The van der Waals surface area contributed by atoms with Gasteiger partial charge in [0.25, 0.3) is 0 Å². The van der Waals surface area contributed by atoms with E-state index in [1.165, 1.54) is 4.90 Å². The van der Waals surface area contributed by atoms with Gasteiger partial charge in [0, 0.05) is 18.2 Å². The summed E-state index contributed by atoms with van der Waals surface area (Å²) in [5.41, 5.74) is 2.99. The van der Waals surface area contributed by atoms with Crippen LogP contribution >= 0.6 is 0 Å². The number of cyclic esters (lactones) is 1. The summed E-state index contributed by atoms with van der Waals surface area (Å²) >= 11 is 0. The van der Waals surface area contributed by atoms with Crippen molar-refractivity contribution in [2.24, 2.45) is 5.92 Å². The zero-order chi connectivity index (χ0) is 14.0. The third kappa shape index (κ3) is 3.05. The van der Waals surface area contributed by atoms with Crippen molar-refractivity contribution in [1.29, 1.82) is 0 Å². The first-order valence-electron chi connectivity index (χ1n) is 6.20. The average molecular weight is 263 g/mol. The number of carbonyl (C=O) groups excluding carboxylic acids is 1. The number of carboxylic acid groups (broad SMARTS) is 1. The van der Waals surface area contributed by atoms with E-state index in [0.29, 0.717) is 6.54 Å². The van der Waals surface area contributed by atoms with Crippen LogP contribution in [-0.4, -0.2) is 30.3 Å². The molecule has 1 fully saturated rings. The number of amides is 1. The van der Waals surface area contributed by atoms with Crippen LogP contribution in [0.3, 0.4) is 0 Å². The molecule has 1 amide bonds. The van der Waals surface area contributed by atoms with Crippen molar-refractivity contribution >= 4 is 17.7 Å². The van der Waals surface area contributed by atoms with Crippen LogP contribution in [-0.2, 0) is 9.53 Å². The smallest absolute Gasteiger partial charge is 0.414 e. The largest absolute Gasteiger partial charge is 0.481 e. The predicted octanol–water partition coefficient (Wildman–Crippen LogP) is 2.35. The molecule has 5 nitrogen and oxygen atoms in total. The number of benzene rings is 1. The van der Waals surface area contributed by atoms with Gasteiger partial charge in [-0.2, -0.15) is 0 Å². The SMILES string of the molecule is Cc1ccc(N2CC(CC(=O)O)COC2=O)cc1C. The van der Waals surface area contributed by atoms with Crippen molar-refractivity contribution in [2.75, 3.05) is 18.1 Å². The van der Waals surface area contributed by atoms with Gasteiger partial charge in [-0.3, -0.25) is 9.69 Å². The first-order chi connectivity index (χ1) is 8.97. The van der Waals surface area contributed by atoms with Crippen LogP contribution < -0.4 is 4.90 Å². The van der Waals surface area contributed by atoms with Gasteiger partial charge in [0.05, 0.1) is 13.0 Å². The molecule has 1 aliphatic heterocycles. The van der Waals surface area contributed by atoms with E-state index in [9.17, 15) is 9.59 Å².